The van der Waals surface area contributed by atoms with Crippen LogP contribution in [0.3, 0.4) is 0 Å². The minimum absolute atomic E-state index is 0.0574. The fourth-order valence-electron chi connectivity index (χ4n) is 3.58. The summed E-state index contributed by atoms with van der Waals surface area (Å²) < 4.78 is 8.12. The van der Waals surface area contributed by atoms with Crippen molar-refractivity contribution in [2.45, 2.75) is 53.1 Å². The van der Waals surface area contributed by atoms with E-state index in [9.17, 15) is 4.79 Å². The van der Waals surface area contributed by atoms with E-state index in [1.54, 1.807) is 0 Å². The molecule has 1 amide bonds. The molecule has 3 rings (SSSR count). The van der Waals surface area contributed by atoms with Crippen LogP contribution in [0.5, 0.6) is 5.75 Å². The highest BCUT2D eigenvalue weighted by Gasteiger charge is 2.17. The Morgan fingerprint density at radius 2 is 1.90 bits per heavy atom. The van der Waals surface area contributed by atoms with Gasteiger partial charge < -0.3 is 14.6 Å². The topological polar surface area (TPSA) is 56.2 Å². The molecule has 0 saturated heterocycles. The van der Waals surface area contributed by atoms with Crippen molar-refractivity contribution in [2.24, 2.45) is 0 Å². The number of rotatable bonds is 8. The van der Waals surface area contributed by atoms with Crippen molar-refractivity contribution in [3.63, 3.8) is 0 Å². The highest BCUT2D eigenvalue weighted by molar-refractivity contribution is 6.32. The van der Waals surface area contributed by atoms with Crippen LogP contribution in [0.4, 0.5) is 0 Å². The number of carbonyl (C=O) groups excluding carboxylic acids is 1. The van der Waals surface area contributed by atoms with Gasteiger partial charge in [0.2, 0.25) is 5.91 Å². The number of fused-ring (bicyclic) bond motifs is 1. The lowest BCUT2D eigenvalue weighted by Crippen LogP contribution is -2.26. The van der Waals surface area contributed by atoms with E-state index >= 15 is 0 Å². The second kappa shape index (κ2) is 9.31. The number of hydrogen-bond acceptors (Lipinski definition) is 3. The van der Waals surface area contributed by atoms with E-state index in [2.05, 4.69) is 16.0 Å². The number of para-hydroxylation sites is 2. The maximum Gasteiger partial charge on any atom is 0.217 e. The molecule has 0 saturated carbocycles. The Labute approximate surface area is 177 Å². The molecule has 0 bridgehead atoms. The van der Waals surface area contributed by atoms with Crippen molar-refractivity contribution in [3.05, 3.63) is 58.4 Å². The van der Waals surface area contributed by atoms with Gasteiger partial charge in [-0.25, -0.2) is 4.98 Å². The molecule has 0 radical (unpaired) electrons. The third kappa shape index (κ3) is 5.10. The molecule has 5 nitrogen and oxygen atoms in total. The SMILES string of the molecule is CC(=O)NC(C)c1nc2ccccc2n1CCCCOc1cc(C)c(Cl)c(C)c1. The number of ether oxygens (including phenoxy) is 1. The number of hydrogen-bond donors (Lipinski definition) is 1. The number of nitrogens with zero attached hydrogens (tertiary/aromatic N) is 2. The number of benzene rings is 2. The molecule has 1 N–H and O–H groups in total. The average Bonchev–Trinajstić information content (AvgIpc) is 3.04. The van der Waals surface area contributed by atoms with E-state index in [-0.39, 0.29) is 11.9 Å². The van der Waals surface area contributed by atoms with Gasteiger partial charge in [-0.2, -0.15) is 0 Å². The van der Waals surface area contributed by atoms with Crippen molar-refractivity contribution < 1.29 is 9.53 Å². The van der Waals surface area contributed by atoms with Gasteiger partial charge in [-0.05, 0) is 69.0 Å². The number of aryl methyl sites for hydroxylation is 3. The Morgan fingerprint density at radius 1 is 1.21 bits per heavy atom. The normalized spacial score (nSPS) is 12.2. The molecule has 2 aromatic carbocycles. The van der Waals surface area contributed by atoms with Gasteiger partial charge in [-0.15, -0.1) is 0 Å². The van der Waals surface area contributed by atoms with Crippen LogP contribution in [-0.2, 0) is 11.3 Å². The molecular formula is C23H28ClN3O2. The van der Waals surface area contributed by atoms with E-state index in [0.29, 0.717) is 6.61 Å². The number of unbranched alkanes of at least 4 members (excludes halogenated alkanes) is 1. The lowest BCUT2D eigenvalue weighted by Gasteiger charge is -2.15. The third-order valence-corrected chi connectivity index (χ3v) is 5.54. The summed E-state index contributed by atoms with van der Waals surface area (Å²) in [5, 5.41) is 3.74. The van der Waals surface area contributed by atoms with Gasteiger partial charge in [-0.1, -0.05) is 23.7 Å². The Bertz CT molecular complexity index is 990. The van der Waals surface area contributed by atoms with Crippen molar-refractivity contribution in [3.8, 4) is 5.75 Å². The minimum Gasteiger partial charge on any atom is -0.494 e. The molecule has 1 unspecified atom stereocenters. The Balaban J connectivity index is 1.63. The Kier molecular flexibility index (Phi) is 6.80. The van der Waals surface area contributed by atoms with Crippen molar-refractivity contribution in [1.82, 2.24) is 14.9 Å². The maximum atomic E-state index is 11.5. The first kappa shape index (κ1) is 21.2. The summed E-state index contributed by atoms with van der Waals surface area (Å²) in [6.45, 7) is 8.94. The molecule has 3 aromatic rings. The molecule has 1 atom stereocenters. The van der Waals surface area contributed by atoms with E-state index in [4.69, 9.17) is 21.3 Å². The van der Waals surface area contributed by atoms with Crippen molar-refractivity contribution in [2.75, 3.05) is 6.61 Å². The highest BCUT2D eigenvalue weighted by Crippen LogP contribution is 2.26. The fraction of sp³-hybridized carbons (Fsp3) is 0.391. The number of aromatic nitrogens is 2. The summed E-state index contributed by atoms with van der Waals surface area (Å²) in [4.78, 5) is 16.2. The number of carbonyl (C=O) groups is 1. The lowest BCUT2D eigenvalue weighted by molar-refractivity contribution is -0.119. The molecule has 0 aliphatic heterocycles. The van der Waals surface area contributed by atoms with Crippen LogP contribution < -0.4 is 10.1 Å². The van der Waals surface area contributed by atoms with Crippen molar-refractivity contribution in [1.29, 1.82) is 0 Å². The first-order valence-electron chi connectivity index (χ1n) is 9.98. The van der Waals surface area contributed by atoms with Gasteiger partial charge in [0, 0.05) is 18.5 Å². The predicted molar refractivity (Wildman–Crippen MR) is 118 cm³/mol. The lowest BCUT2D eigenvalue weighted by atomic mass is 10.1. The summed E-state index contributed by atoms with van der Waals surface area (Å²) in [6, 6.07) is 11.9. The first-order chi connectivity index (χ1) is 13.9. The number of halogens is 1. The monoisotopic (exact) mass is 413 g/mol. The van der Waals surface area contributed by atoms with Crippen LogP contribution in [0.25, 0.3) is 11.0 Å². The van der Waals surface area contributed by atoms with Gasteiger partial charge >= 0.3 is 0 Å². The predicted octanol–water partition coefficient (Wildman–Crippen LogP) is 5.36. The zero-order valence-electron chi connectivity index (χ0n) is 17.5. The molecular weight excluding hydrogens is 386 g/mol. The molecule has 6 heteroatoms. The van der Waals surface area contributed by atoms with Crippen LogP contribution in [0, 0.1) is 13.8 Å². The molecule has 0 aliphatic rings. The van der Waals surface area contributed by atoms with Gasteiger partial charge in [0.05, 0.1) is 23.7 Å². The molecule has 154 valence electrons. The number of nitrogens with one attached hydrogen (secondary N) is 1. The van der Waals surface area contributed by atoms with Crippen molar-refractivity contribution >= 4 is 28.5 Å². The molecule has 0 fully saturated rings. The highest BCUT2D eigenvalue weighted by atomic mass is 35.5. The zero-order valence-corrected chi connectivity index (χ0v) is 18.2. The second-order valence-corrected chi connectivity index (χ2v) is 7.84. The smallest absolute Gasteiger partial charge is 0.217 e. The van der Waals surface area contributed by atoms with Crippen LogP contribution in [0.2, 0.25) is 5.02 Å². The average molecular weight is 414 g/mol. The Hall–Kier alpha value is -2.53. The maximum absolute atomic E-state index is 11.5. The van der Waals surface area contributed by atoms with Gasteiger partial charge in [-0.3, -0.25) is 4.79 Å². The number of imidazole rings is 1. The third-order valence-electron chi connectivity index (χ3n) is 4.95. The summed E-state index contributed by atoms with van der Waals surface area (Å²) >= 11 is 6.22. The van der Waals surface area contributed by atoms with E-state index in [0.717, 1.165) is 58.1 Å². The van der Waals surface area contributed by atoms with E-state index < -0.39 is 0 Å². The number of amides is 1. The quantitative estimate of drug-likeness (QED) is 0.505. The summed E-state index contributed by atoms with van der Waals surface area (Å²) in [6.07, 6.45) is 1.87. The summed E-state index contributed by atoms with van der Waals surface area (Å²) in [7, 11) is 0. The molecule has 29 heavy (non-hydrogen) atoms. The second-order valence-electron chi connectivity index (χ2n) is 7.46. The fourth-order valence-corrected chi connectivity index (χ4v) is 3.69. The van der Waals surface area contributed by atoms with Gasteiger partial charge in [0.1, 0.15) is 11.6 Å². The largest absolute Gasteiger partial charge is 0.494 e. The molecule has 1 aromatic heterocycles. The first-order valence-corrected chi connectivity index (χ1v) is 10.4. The zero-order chi connectivity index (χ0) is 21.0. The van der Waals surface area contributed by atoms with Crippen LogP contribution >= 0.6 is 11.6 Å². The van der Waals surface area contributed by atoms with Crippen LogP contribution in [0.1, 0.15) is 49.7 Å². The van der Waals surface area contributed by atoms with Gasteiger partial charge in [0.25, 0.3) is 0 Å². The summed E-state index contributed by atoms with van der Waals surface area (Å²) in [5.41, 5.74) is 4.10. The Morgan fingerprint density at radius 3 is 2.59 bits per heavy atom. The molecule has 0 spiro atoms. The van der Waals surface area contributed by atoms with Crippen LogP contribution in [-0.4, -0.2) is 22.1 Å². The standard InChI is InChI=1S/C23H28ClN3O2/c1-15-13-19(14-16(2)22(15)24)29-12-8-7-11-27-21-10-6-5-9-20(21)26-23(27)17(3)25-18(4)28/h5-6,9-10,13-14,17H,7-8,11-12H2,1-4H3,(H,25,28). The van der Waals surface area contributed by atoms with Gasteiger partial charge in [0.15, 0.2) is 0 Å². The minimum atomic E-state index is -0.142. The van der Waals surface area contributed by atoms with Crippen LogP contribution in [0.15, 0.2) is 36.4 Å². The molecule has 0 aliphatic carbocycles. The molecule has 1 heterocycles. The van der Waals surface area contributed by atoms with E-state index in [1.807, 2.05) is 51.1 Å². The van der Waals surface area contributed by atoms with E-state index in [1.165, 1.54) is 6.92 Å². The summed E-state index contributed by atoms with van der Waals surface area (Å²) in [5.74, 6) is 1.68.